The van der Waals surface area contributed by atoms with Gasteiger partial charge in [-0.1, -0.05) is 11.6 Å². The second-order valence-electron chi connectivity index (χ2n) is 7.60. The van der Waals surface area contributed by atoms with E-state index in [1.165, 1.54) is 24.3 Å². The second-order valence-corrected chi connectivity index (χ2v) is 8.04. The Kier molecular flexibility index (Phi) is 6.29. The molecule has 0 aromatic heterocycles. The molecule has 2 aromatic rings. The quantitative estimate of drug-likeness (QED) is 0.733. The zero-order valence-corrected chi connectivity index (χ0v) is 17.4. The van der Waals surface area contributed by atoms with E-state index in [2.05, 4.69) is 0 Å². The fourth-order valence-corrected chi connectivity index (χ4v) is 4.28. The Balaban J connectivity index is 1.40. The van der Waals surface area contributed by atoms with Crippen molar-refractivity contribution < 1.29 is 28.2 Å². The standard InChI is InChI=1S/C22H22ClFN2O5/c23-13-1-6-20(19(7-13)22(25)28)30-12-21(27)26-15-8-18(9-16(26)11-29-10-15)31-17-4-2-14(24)3-5-17/h1-7,15-16,18H,8-12H2,(H2,25,28)/t15-,16-/m1/s1. The molecule has 0 unspecified atom stereocenters. The van der Waals surface area contributed by atoms with Crippen molar-refractivity contribution in [3.8, 4) is 11.5 Å². The summed E-state index contributed by atoms with van der Waals surface area (Å²) < 4.78 is 30.4. The summed E-state index contributed by atoms with van der Waals surface area (Å²) in [6, 6.07) is 10.1. The summed E-state index contributed by atoms with van der Waals surface area (Å²) in [7, 11) is 0. The highest BCUT2D eigenvalue weighted by Crippen LogP contribution is 2.31. The first-order valence-corrected chi connectivity index (χ1v) is 10.3. The number of piperidine rings is 1. The smallest absolute Gasteiger partial charge is 0.261 e. The van der Waals surface area contributed by atoms with Crippen LogP contribution >= 0.6 is 11.6 Å². The van der Waals surface area contributed by atoms with Crippen molar-refractivity contribution in [3.05, 3.63) is 58.9 Å². The van der Waals surface area contributed by atoms with Gasteiger partial charge in [0.05, 0.1) is 30.9 Å². The number of benzene rings is 2. The molecule has 9 heteroatoms. The Morgan fingerprint density at radius 1 is 1.13 bits per heavy atom. The first-order valence-electron chi connectivity index (χ1n) is 9.94. The van der Waals surface area contributed by atoms with E-state index in [0.717, 1.165) is 0 Å². The number of morpholine rings is 1. The summed E-state index contributed by atoms with van der Waals surface area (Å²) >= 11 is 5.91. The fourth-order valence-electron chi connectivity index (χ4n) is 4.11. The Morgan fingerprint density at radius 3 is 2.45 bits per heavy atom. The molecule has 31 heavy (non-hydrogen) atoms. The number of rotatable bonds is 6. The lowest BCUT2D eigenvalue weighted by Gasteiger charge is -2.48. The number of hydrogen-bond donors (Lipinski definition) is 1. The van der Waals surface area contributed by atoms with Gasteiger partial charge in [0.1, 0.15) is 23.4 Å². The number of amides is 2. The molecular formula is C22H22ClFN2O5. The van der Waals surface area contributed by atoms with Gasteiger partial charge in [0.25, 0.3) is 11.8 Å². The van der Waals surface area contributed by atoms with Crippen LogP contribution in [0.4, 0.5) is 4.39 Å². The van der Waals surface area contributed by atoms with Crippen molar-refractivity contribution in [1.29, 1.82) is 0 Å². The van der Waals surface area contributed by atoms with Gasteiger partial charge in [-0.25, -0.2) is 4.39 Å². The van der Waals surface area contributed by atoms with Gasteiger partial charge in [-0.15, -0.1) is 0 Å². The van der Waals surface area contributed by atoms with Crippen LogP contribution in [0.25, 0.3) is 0 Å². The average Bonchev–Trinajstić information content (AvgIpc) is 2.73. The minimum absolute atomic E-state index is 0.105. The van der Waals surface area contributed by atoms with Gasteiger partial charge in [0.2, 0.25) is 0 Å². The number of nitrogens with two attached hydrogens (primary N) is 1. The first-order chi connectivity index (χ1) is 14.9. The first kappa shape index (κ1) is 21.4. The zero-order valence-electron chi connectivity index (χ0n) is 16.6. The molecule has 2 aromatic carbocycles. The highest BCUT2D eigenvalue weighted by Gasteiger charge is 2.42. The highest BCUT2D eigenvalue weighted by molar-refractivity contribution is 6.31. The Bertz CT molecular complexity index is 957. The second kappa shape index (κ2) is 9.11. The SMILES string of the molecule is NC(=O)c1cc(Cl)ccc1OCC(=O)N1[C@H]2COC[C@H]1CC(Oc1ccc(F)cc1)C2. The lowest BCUT2D eigenvalue weighted by molar-refractivity contribution is -0.157. The largest absolute Gasteiger partial charge is 0.490 e. The van der Waals surface area contributed by atoms with Gasteiger partial charge in [0, 0.05) is 17.9 Å². The van der Waals surface area contributed by atoms with Gasteiger partial charge in [0.15, 0.2) is 6.61 Å². The molecule has 2 amide bonds. The third kappa shape index (κ3) is 4.91. The number of hydrogen-bond acceptors (Lipinski definition) is 5. The predicted octanol–water partition coefficient (Wildman–Crippen LogP) is 2.79. The van der Waals surface area contributed by atoms with Crippen molar-refractivity contribution in [1.82, 2.24) is 4.90 Å². The molecule has 2 saturated heterocycles. The number of halogens is 2. The van der Waals surface area contributed by atoms with E-state index in [-0.39, 0.29) is 47.8 Å². The maximum Gasteiger partial charge on any atom is 0.261 e. The molecule has 2 fully saturated rings. The molecule has 2 atom stereocenters. The van der Waals surface area contributed by atoms with E-state index < -0.39 is 5.91 Å². The third-order valence-corrected chi connectivity index (χ3v) is 5.67. The number of nitrogens with zero attached hydrogens (tertiary/aromatic N) is 1. The van der Waals surface area contributed by atoms with E-state index in [1.54, 1.807) is 23.1 Å². The van der Waals surface area contributed by atoms with Crippen LogP contribution in [0.1, 0.15) is 23.2 Å². The molecule has 7 nitrogen and oxygen atoms in total. The molecule has 0 saturated carbocycles. The normalized spacial score (nSPS) is 22.6. The van der Waals surface area contributed by atoms with Crippen LogP contribution in [0.3, 0.4) is 0 Å². The van der Waals surface area contributed by atoms with Crippen LogP contribution in [0, 0.1) is 5.82 Å². The van der Waals surface area contributed by atoms with Gasteiger partial charge in [-0.2, -0.15) is 0 Å². The van der Waals surface area contributed by atoms with E-state index in [1.807, 2.05) is 0 Å². The van der Waals surface area contributed by atoms with E-state index in [0.29, 0.717) is 36.8 Å². The summed E-state index contributed by atoms with van der Waals surface area (Å²) in [5.41, 5.74) is 5.49. The summed E-state index contributed by atoms with van der Waals surface area (Å²) in [5.74, 6) is -0.410. The van der Waals surface area contributed by atoms with Gasteiger partial charge < -0.3 is 24.8 Å². The topological polar surface area (TPSA) is 91.1 Å². The summed E-state index contributed by atoms with van der Waals surface area (Å²) in [4.78, 5) is 26.4. The Morgan fingerprint density at radius 2 is 1.81 bits per heavy atom. The van der Waals surface area contributed by atoms with Crippen LogP contribution in [-0.2, 0) is 9.53 Å². The van der Waals surface area contributed by atoms with Crippen LogP contribution < -0.4 is 15.2 Å². The molecule has 2 aliphatic rings. The Labute approximate surface area is 183 Å². The lowest BCUT2D eigenvalue weighted by atomic mass is 9.91. The van der Waals surface area contributed by atoms with Crippen molar-refractivity contribution in [3.63, 3.8) is 0 Å². The third-order valence-electron chi connectivity index (χ3n) is 5.44. The van der Waals surface area contributed by atoms with Gasteiger partial charge >= 0.3 is 0 Å². The molecule has 2 bridgehead atoms. The molecule has 2 aliphatic heterocycles. The van der Waals surface area contributed by atoms with Crippen LogP contribution in [0.2, 0.25) is 5.02 Å². The van der Waals surface area contributed by atoms with Gasteiger partial charge in [-0.3, -0.25) is 9.59 Å². The maximum atomic E-state index is 13.1. The number of fused-ring (bicyclic) bond motifs is 2. The molecule has 0 spiro atoms. The van der Waals surface area contributed by atoms with Gasteiger partial charge in [-0.05, 0) is 42.5 Å². The van der Waals surface area contributed by atoms with Crippen molar-refractivity contribution >= 4 is 23.4 Å². The summed E-state index contributed by atoms with van der Waals surface area (Å²) in [6.45, 7) is 0.566. The number of carbonyl (C=O) groups is 2. The van der Waals surface area contributed by atoms with Crippen LogP contribution in [0.5, 0.6) is 11.5 Å². The number of carbonyl (C=O) groups excluding carboxylic acids is 2. The molecule has 0 radical (unpaired) electrons. The highest BCUT2D eigenvalue weighted by atomic mass is 35.5. The van der Waals surface area contributed by atoms with Crippen molar-refractivity contribution in [2.24, 2.45) is 5.73 Å². The number of ether oxygens (including phenoxy) is 3. The molecule has 2 N–H and O–H groups in total. The van der Waals surface area contributed by atoms with E-state index in [9.17, 15) is 14.0 Å². The molecule has 2 heterocycles. The van der Waals surface area contributed by atoms with Crippen LogP contribution in [0.15, 0.2) is 42.5 Å². The molecule has 4 rings (SSSR count). The minimum Gasteiger partial charge on any atom is -0.490 e. The zero-order chi connectivity index (χ0) is 22.0. The molecular weight excluding hydrogens is 427 g/mol. The molecule has 0 aliphatic carbocycles. The average molecular weight is 449 g/mol. The number of primary amides is 1. The van der Waals surface area contributed by atoms with E-state index in [4.69, 9.17) is 31.5 Å². The predicted molar refractivity (Wildman–Crippen MR) is 111 cm³/mol. The van der Waals surface area contributed by atoms with Crippen molar-refractivity contribution in [2.45, 2.75) is 31.0 Å². The molecule has 164 valence electrons. The van der Waals surface area contributed by atoms with Crippen molar-refractivity contribution in [2.75, 3.05) is 19.8 Å². The summed E-state index contributed by atoms with van der Waals surface area (Å²) in [5, 5.41) is 0.349. The fraction of sp³-hybridized carbons (Fsp3) is 0.364. The summed E-state index contributed by atoms with van der Waals surface area (Å²) in [6.07, 6.45) is 1.08. The Hall–Kier alpha value is -2.84. The maximum absolute atomic E-state index is 13.1. The lowest BCUT2D eigenvalue weighted by Crippen LogP contribution is -2.61. The minimum atomic E-state index is -0.686. The van der Waals surface area contributed by atoms with E-state index >= 15 is 0 Å². The van der Waals surface area contributed by atoms with Crippen LogP contribution in [-0.4, -0.2) is 54.7 Å². The monoisotopic (exact) mass is 448 g/mol.